The van der Waals surface area contributed by atoms with E-state index in [2.05, 4.69) is 48.3 Å². The molecule has 0 radical (unpaired) electrons. The standard InChI is InChI=1S/C23H21N3O/c1-3-26-21(12-10-18-15-17(2)9-14-22(18)26)13-11-19(16-24)23(27)25-20-7-5-4-6-8-20/h4-15H,3H2,1-2H3,(H,25,27)/b19-11+,21-13-. The maximum absolute atomic E-state index is 12.3. The number of likely N-dealkylation sites (N-methyl/N-ethyl adjacent to an activating group) is 1. The maximum Gasteiger partial charge on any atom is 0.266 e. The number of anilines is 2. The van der Waals surface area contributed by atoms with Gasteiger partial charge < -0.3 is 10.2 Å². The van der Waals surface area contributed by atoms with Gasteiger partial charge in [0.2, 0.25) is 0 Å². The van der Waals surface area contributed by atoms with Crippen molar-refractivity contribution in [1.82, 2.24) is 0 Å². The first-order valence-corrected chi connectivity index (χ1v) is 8.87. The normalized spacial score (nSPS) is 14.6. The predicted octanol–water partition coefficient (Wildman–Crippen LogP) is 4.82. The van der Waals surface area contributed by atoms with Crippen LogP contribution >= 0.6 is 0 Å². The lowest BCUT2D eigenvalue weighted by Crippen LogP contribution is -2.23. The van der Waals surface area contributed by atoms with Crippen molar-refractivity contribution in [2.45, 2.75) is 13.8 Å². The van der Waals surface area contributed by atoms with Crippen molar-refractivity contribution in [3.8, 4) is 6.07 Å². The molecule has 0 spiro atoms. The number of para-hydroxylation sites is 1. The minimum atomic E-state index is -0.417. The number of benzene rings is 2. The minimum absolute atomic E-state index is 0.0607. The van der Waals surface area contributed by atoms with Crippen molar-refractivity contribution in [3.05, 3.63) is 89.2 Å². The molecule has 1 amide bonds. The lowest BCUT2D eigenvalue weighted by atomic mass is 10.0. The maximum atomic E-state index is 12.3. The SMILES string of the molecule is CCN1/C(=C\C=C(/C#N)C(=O)Nc2ccccc2)C=Cc2cc(C)ccc21. The number of fused-ring (bicyclic) bond motifs is 1. The van der Waals surface area contributed by atoms with Crippen molar-refractivity contribution < 1.29 is 4.79 Å². The quantitative estimate of drug-likeness (QED) is 0.632. The molecule has 0 saturated carbocycles. The first-order valence-electron chi connectivity index (χ1n) is 8.87. The Labute approximate surface area is 159 Å². The van der Waals surface area contributed by atoms with E-state index in [1.54, 1.807) is 18.2 Å². The number of nitrogens with zero attached hydrogens (tertiary/aromatic N) is 2. The molecular weight excluding hydrogens is 334 g/mol. The van der Waals surface area contributed by atoms with Gasteiger partial charge in [0.15, 0.2) is 0 Å². The Morgan fingerprint density at radius 3 is 2.67 bits per heavy atom. The Hall–Kier alpha value is -3.58. The average molecular weight is 355 g/mol. The van der Waals surface area contributed by atoms with Gasteiger partial charge in [0.25, 0.3) is 5.91 Å². The summed E-state index contributed by atoms with van der Waals surface area (Å²) in [5.74, 6) is -0.417. The molecular formula is C23H21N3O. The molecule has 134 valence electrons. The van der Waals surface area contributed by atoms with E-state index in [1.807, 2.05) is 36.4 Å². The number of aryl methyl sites for hydroxylation is 1. The summed E-state index contributed by atoms with van der Waals surface area (Å²) in [5, 5.41) is 12.1. The van der Waals surface area contributed by atoms with E-state index in [4.69, 9.17) is 0 Å². The van der Waals surface area contributed by atoms with Gasteiger partial charge >= 0.3 is 0 Å². The first-order chi connectivity index (χ1) is 13.1. The molecule has 1 heterocycles. The summed E-state index contributed by atoms with van der Waals surface area (Å²) in [4.78, 5) is 14.5. The van der Waals surface area contributed by atoms with Crippen LogP contribution in [0.3, 0.4) is 0 Å². The number of carbonyl (C=O) groups is 1. The Morgan fingerprint density at radius 2 is 1.96 bits per heavy atom. The summed E-state index contributed by atoms with van der Waals surface area (Å²) in [7, 11) is 0. The van der Waals surface area contributed by atoms with Crippen LogP contribution in [0.4, 0.5) is 11.4 Å². The highest BCUT2D eigenvalue weighted by Crippen LogP contribution is 2.31. The van der Waals surface area contributed by atoms with Crippen molar-refractivity contribution >= 4 is 23.4 Å². The lowest BCUT2D eigenvalue weighted by molar-refractivity contribution is -0.112. The molecule has 4 nitrogen and oxygen atoms in total. The molecule has 0 bridgehead atoms. The number of hydrogen-bond donors (Lipinski definition) is 1. The molecule has 0 aromatic heterocycles. The van der Waals surface area contributed by atoms with E-state index in [9.17, 15) is 10.1 Å². The Bertz CT molecular complexity index is 978. The lowest BCUT2D eigenvalue weighted by Gasteiger charge is -2.29. The van der Waals surface area contributed by atoms with Gasteiger partial charge in [-0.05, 0) is 61.9 Å². The number of amides is 1. The second-order valence-electron chi connectivity index (χ2n) is 6.24. The van der Waals surface area contributed by atoms with Crippen molar-refractivity contribution in [1.29, 1.82) is 5.26 Å². The molecule has 4 heteroatoms. The van der Waals surface area contributed by atoms with Crippen LogP contribution in [-0.4, -0.2) is 12.5 Å². The predicted molar refractivity (Wildman–Crippen MR) is 110 cm³/mol. The molecule has 0 aliphatic carbocycles. The third-order valence-electron chi connectivity index (χ3n) is 4.35. The monoisotopic (exact) mass is 355 g/mol. The summed E-state index contributed by atoms with van der Waals surface area (Å²) in [6.45, 7) is 4.94. The molecule has 1 N–H and O–H groups in total. The van der Waals surface area contributed by atoms with Crippen LogP contribution < -0.4 is 10.2 Å². The fourth-order valence-corrected chi connectivity index (χ4v) is 3.01. The molecule has 3 rings (SSSR count). The van der Waals surface area contributed by atoms with Gasteiger partial charge in [0, 0.05) is 23.6 Å². The molecule has 0 saturated heterocycles. The molecule has 0 unspecified atom stereocenters. The van der Waals surface area contributed by atoms with Gasteiger partial charge in [-0.15, -0.1) is 0 Å². The number of hydrogen-bond acceptors (Lipinski definition) is 3. The Balaban J connectivity index is 1.85. The second kappa shape index (κ2) is 8.20. The minimum Gasteiger partial charge on any atom is -0.341 e. The van der Waals surface area contributed by atoms with Crippen molar-refractivity contribution in [2.24, 2.45) is 0 Å². The highest BCUT2D eigenvalue weighted by molar-refractivity contribution is 6.06. The number of nitrogens with one attached hydrogen (secondary N) is 1. The Kier molecular flexibility index (Phi) is 5.53. The fraction of sp³-hybridized carbons (Fsp3) is 0.130. The highest BCUT2D eigenvalue weighted by atomic mass is 16.1. The zero-order valence-electron chi connectivity index (χ0n) is 15.4. The van der Waals surface area contributed by atoms with Gasteiger partial charge in [0.1, 0.15) is 11.6 Å². The van der Waals surface area contributed by atoms with E-state index in [1.165, 1.54) is 11.1 Å². The summed E-state index contributed by atoms with van der Waals surface area (Å²) in [6, 6.07) is 17.4. The van der Waals surface area contributed by atoms with Crippen LogP contribution in [0.5, 0.6) is 0 Å². The second-order valence-corrected chi connectivity index (χ2v) is 6.24. The molecule has 2 aromatic carbocycles. The number of rotatable bonds is 4. The van der Waals surface area contributed by atoms with Crippen LogP contribution in [0.15, 0.2) is 78.0 Å². The van der Waals surface area contributed by atoms with E-state index in [-0.39, 0.29) is 5.57 Å². The summed E-state index contributed by atoms with van der Waals surface area (Å²) >= 11 is 0. The van der Waals surface area contributed by atoms with E-state index in [0.717, 1.165) is 17.9 Å². The van der Waals surface area contributed by atoms with Gasteiger partial charge in [0.05, 0.1) is 0 Å². The number of nitriles is 1. The molecule has 0 atom stereocenters. The molecule has 2 aromatic rings. The summed E-state index contributed by atoms with van der Waals surface area (Å²) in [5.41, 5.74) is 5.16. The van der Waals surface area contributed by atoms with Gasteiger partial charge in [-0.25, -0.2) is 0 Å². The number of allylic oxidation sites excluding steroid dienone is 3. The highest BCUT2D eigenvalue weighted by Gasteiger charge is 2.16. The van der Waals surface area contributed by atoms with Crippen LogP contribution in [-0.2, 0) is 4.79 Å². The summed E-state index contributed by atoms with van der Waals surface area (Å²) < 4.78 is 0. The van der Waals surface area contributed by atoms with Crippen molar-refractivity contribution in [2.75, 3.05) is 16.8 Å². The largest absolute Gasteiger partial charge is 0.341 e. The average Bonchev–Trinajstić information content (AvgIpc) is 2.68. The Morgan fingerprint density at radius 1 is 1.19 bits per heavy atom. The smallest absolute Gasteiger partial charge is 0.266 e. The van der Waals surface area contributed by atoms with E-state index < -0.39 is 5.91 Å². The zero-order chi connectivity index (χ0) is 19.2. The van der Waals surface area contributed by atoms with Crippen LogP contribution in [0.1, 0.15) is 18.1 Å². The topological polar surface area (TPSA) is 56.1 Å². The van der Waals surface area contributed by atoms with Crippen LogP contribution in [0.25, 0.3) is 6.08 Å². The van der Waals surface area contributed by atoms with Crippen LogP contribution in [0.2, 0.25) is 0 Å². The van der Waals surface area contributed by atoms with Gasteiger partial charge in [-0.3, -0.25) is 4.79 Å². The summed E-state index contributed by atoms with van der Waals surface area (Å²) in [6.07, 6.45) is 7.45. The third kappa shape index (κ3) is 4.16. The van der Waals surface area contributed by atoms with Gasteiger partial charge in [-0.2, -0.15) is 5.26 Å². The molecule has 0 fully saturated rings. The molecule has 1 aliphatic rings. The van der Waals surface area contributed by atoms with E-state index in [0.29, 0.717) is 5.69 Å². The first kappa shape index (κ1) is 18.2. The number of carbonyl (C=O) groups excluding carboxylic acids is 1. The van der Waals surface area contributed by atoms with Crippen LogP contribution in [0, 0.1) is 18.3 Å². The fourth-order valence-electron chi connectivity index (χ4n) is 3.01. The third-order valence-corrected chi connectivity index (χ3v) is 4.35. The van der Waals surface area contributed by atoms with E-state index >= 15 is 0 Å². The van der Waals surface area contributed by atoms with Gasteiger partial charge in [-0.1, -0.05) is 35.9 Å². The zero-order valence-corrected chi connectivity index (χ0v) is 15.4. The molecule has 27 heavy (non-hydrogen) atoms. The molecule has 1 aliphatic heterocycles. The van der Waals surface area contributed by atoms with Crippen molar-refractivity contribution in [3.63, 3.8) is 0 Å².